The Morgan fingerprint density at radius 2 is 1.54 bits per heavy atom. The topological polar surface area (TPSA) is 74.2 Å². The van der Waals surface area contributed by atoms with Crippen molar-refractivity contribution in [3.8, 4) is 0 Å². The zero-order valence-corrected chi connectivity index (χ0v) is 8.07. The van der Waals surface area contributed by atoms with Gasteiger partial charge in [-0.15, -0.1) is 0 Å². The number of rotatable bonds is 6. The number of carboxylic acid groups (broad SMARTS) is 1. The predicted molar refractivity (Wildman–Crippen MR) is 42.2 cm³/mol. The lowest BCUT2D eigenvalue weighted by Gasteiger charge is -2.31. The molecular formula is C7H14O6. The summed E-state index contributed by atoms with van der Waals surface area (Å²) >= 11 is 0. The standard InChI is InChI=1S/C7H14O6/c1-10-6(11-2)7(12-3,13-4)5(8)9/h6H,1-4H3,(H,8,9). The summed E-state index contributed by atoms with van der Waals surface area (Å²) in [6.07, 6.45) is -1.13. The van der Waals surface area contributed by atoms with Crippen LogP contribution in [-0.2, 0) is 23.7 Å². The summed E-state index contributed by atoms with van der Waals surface area (Å²) in [4.78, 5) is 10.8. The van der Waals surface area contributed by atoms with Gasteiger partial charge in [-0.25, -0.2) is 4.79 Å². The molecule has 0 radical (unpaired) electrons. The van der Waals surface area contributed by atoms with Crippen molar-refractivity contribution in [1.29, 1.82) is 0 Å². The van der Waals surface area contributed by atoms with Gasteiger partial charge in [0.2, 0.25) is 6.29 Å². The number of hydrogen-bond donors (Lipinski definition) is 1. The zero-order valence-electron chi connectivity index (χ0n) is 8.07. The average molecular weight is 194 g/mol. The summed E-state index contributed by atoms with van der Waals surface area (Å²) in [7, 11) is 4.99. The van der Waals surface area contributed by atoms with E-state index in [9.17, 15) is 4.79 Å². The molecule has 0 aromatic heterocycles. The first kappa shape index (κ1) is 12.3. The van der Waals surface area contributed by atoms with E-state index in [1.807, 2.05) is 0 Å². The zero-order chi connectivity index (χ0) is 10.5. The maximum absolute atomic E-state index is 10.8. The molecule has 0 amide bonds. The molecular weight excluding hydrogens is 180 g/mol. The first-order valence-electron chi connectivity index (χ1n) is 3.48. The Bertz CT molecular complexity index is 160. The number of carbonyl (C=O) groups is 1. The summed E-state index contributed by atoms with van der Waals surface area (Å²) in [6.45, 7) is 0. The first-order valence-corrected chi connectivity index (χ1v) is 3.48. The van der Waals surface area contributed by atoms with Gasteiger partial charge in [0.05, 0.1) is 0 Å². The number of methoxy groups -OCH3 is 4. The lowest BCUT2D eigenvalue weighted by atomic mass is 10.2. The fourth-order valence-electron chi connectivity index (χ4n) is 0.958. The van der Waals surface area contributed by atoms with Crippen molar-refractivity contribution in [1.82, 2.24) is 0 Å². The summed E-state index contributed by atoms with van der Waals surface area (Å²) in [5.41, 5.74) is 0. The van der Waals surface area contributed by atoms with Crippen LogP contribution in [0, 0.1) is 0 Å². The normalized spacial score (nSPS) is 12.1. The largest absolute Gasteiger partial charge is 0.477 e. The molecule has 6 heteroatoms. The predicted octanol–water partition coefficient (Wildman–Crippen LogP) is -0.321. The molecule has 0 aromatic carbocycles. The average Bonchev–Trinajstić information content (AvgIpc) is 2.13. The summed E-state index contributed by atoms with van der Waals surface area (Å²) < 4.78 is 19.0. The van der Waals surface area contributed by atoms with Crippen molar-refractivity contribution in [3.05, 3.63) is 0 Å². The number of ether oxygens (including phenoxy) is 4. The van der Waals surface area contributed by atoms with E-state index < -0.39 is 18.0 Å². The molecule has 0 spiro atoms. The van der Waals surface area contributed by atoms with Gasteiger partial charge in [0.1, 0.15) is 0 Å². The molecule has 1 N–H and O–H groups in total. The molecule has 0 heterocycles. The van der Waals surface area contributed by atoms with Crippen LogP contribution < -0.4 is 0 Å². The highest BCUT2D eigenvalue weighted by molar-refractivity contribution is 5.76. The van der Waals surface area contributed by atoms with Crippen LogP contribution in [0.25, 0.3) is 0 Å². The van der Waals surface area contributed by atoms with Crippen LogP contribution in [0.5, 0.6) is 0 Å². The molecule has 0 saturated carbocycles. The van der Waals surface area contributed by atoms with E-state index in [1.165, 1.54) is 28.4 Å². The van der Waals surface area contributed by atoms with Gasteiger partial charge in [0.15, 0.2) is 0 Å². The van der Waals surface area contributed by atoms with E-state index in [-0.39, 0.29) is 0 Å². The van der Waals surface area contributed by atoms with E-state index >= 15 is 0 Å². The molecule has 0 aliphatic heterocycles. The van der Waals surface area contributed by atoms with Crippen LogP contribution in [0.15, 0.2) is 0 Å². The minimum Gasteiger partial charge on any atom is -0.477 e. The summed E-state index contributed by atoms with van der Waals surface area (Å²) in [5, 5.41) is 8.85. The molecule has 0 aliphatic carbocycles. The molecule has 0 aliphatic rings. The molecule has 78 valence electrons. The molecule has 6 nitrogen and oxygen atoms in total. The van der Waals surface area contributed by atoms with Crippen LogP contribution in [0.1, 0.15) is 0 Å². The summed E-state index contributed by atoms with van der Waals surface area (Å²) in [5.74, 6) is -3.24. The fraction of sp³-hybridized carbons (Fsp3) is 0.857. The van der Waals surface area contributed by atoms with Crippen LogP contribution in [0.3, 0.4) is 0 Å². The molecule has 0 saturated heterocycles. The highest BCUT2D eigenvalue weighted by Gasteiger charge is 2.49. The Hall–Kier alpha value is -0.690. The van der Waals surface area contributed by atoms with E-state index in [0.29, 0.717) is 0 Å². The van der Waals surface area contributed by atoms with Gasteiger partial charge in [0.25, 0.3) is 0 Å². The van der Waals surface area contributed by atoms with Crippen molar-refractivity contribution in [2.24, 2.45) is 0 Å². The third kappa shape index (κ3) is 2.16. The third-order valence-corrected chi connectivity index (χ3v) is 1.64. The molecule has 0 fully saturated rings. The Morgan fingerprint density at radius 1 is 1.15 bits per heavy atom. The number of hydrogen-bond acceptors (Lipinski definition) is 5. The van der Waals surface area contributed by atoms with Gasteiger partial charge >= 0.3 is 11.8 Å². The molecule has 0 bridgehead atoms. The number of carboxylic acids is 1. The van der Waals surface area contributed by atoms with Gasteiger partial charge in [-0.1, -0.05) is 0 Å². The third-order valence-electron chi connectivity index (χ3n) is 1.64. The van der Waals surface area contributed by atoms with E-state index in [1.54, 1.807) is 0 Å². The lowest BCUT2D eigenvalue weighted by Crippen LogP contribution is -2.54. The molecule has 0 unspecified atom stereocenters. The molecule has 0 atom stereocenters. The number of aliphatic carboxylic acids is 1. The van der Waals surface area contributed by atoms with E-state index in [2.05, 4.69) is 0 Å². The van der Waals surface area contributed by atoms with Crippen molar-refractivity contribution in [3.63, 3.8) is 0 Å². The monoisotopic (exact) mass is 194 g/mol. The van der Waals surface area contributed by atoms with Gasteiger partial charge < -0.3 is 24.1 Å². The molecule has 0 aromatic rings. The second-order valence-electron chi connectivity index (χ2n) is 2.18. The van der Waals surface area contributed by atoms with Gasteiger partial charge in [0, 0.05) is 28.4 Å². The Kier molecular flexibility index (Phi) is 4.86. The van der Waals surface area contributed by atoms with Crippen molar-refractivity contribution in [2.75, 3.05) is 28.4 Å². The van der Waals surface area contributed by atoms with Crippen molar-refractivity contribution < 1.29 is 28.8 Å². The molecule has 0 rings (SSSR count). The maximum Gasteiger partial charge on any atom is 0.370 e. The lowest BCUT2D eigenvalue weighted by molar-refractivity contribution is -0.316. The second-order valence-corrected chi connectivity index (χ2v) is 2.18. The Labute approximate surface area is 76.3 Å². The van der Waals surface area contributed by atoms with Crippen LogP contribution in [0.2, 0.25) is 0 Å². The smallest absolute Gasteiger partial charge is 0.370 e. The Balaban J connectivity index is 4.82. The van der Waals surface area contributed by atoms with Gasteiger partial charge in [-0.3, -0.25) is 0 Å². The van der Waals surface area contributed by atoms with E-state index in [4.69, 9.17) is 24.1 Å². The fourth-order valence-corrected chi connectivity index (χ4v) is 0.958. The van der Waals surface area contributed by atoms with E-state index in [0.717, 1.165) is 0 Å². The van der Waals surface area contributed by atoms with Gasteiger partial charge in [-0.05, 0) is 0 Å². The van der Waals surface area contributed by atoms with Crippen LogP contribution in [-0.4, -0.2) is 51.6 Å². The highest BCUT2D eigenvalue weighted by Crippen LogP contribution is 2.19. The first-order chi connectivity index (χ1) is 6.08. The minimum absolute atomic E-state index is 1.13. The van der Waals surface area contributed by atoms with Crippen LogP contribution in [0.4, 0.5) is 0 Å². The maximum atomic E-state index is 10.8. The highest BCUT2D eigenvalue weighted by atomic mass is 16.8. The van der Waals surface area contributed by atoms with Crippen molar-refractivity contribution in [2.45, 2.75) is 12.1 Å². The van der Waals surface area contributed by atoms with Crippen molar-refractivity contribution >= 4 is 5.97 Å². The van der Waals surface area contributed by atoms with Gasteiger partial charge in [-0.2, -0.15) is 0 Å². The molecule has 13 heavy (non-hydrogen) atoms. The van der Waals surface area contributed by atoms with Crippen LogP contribution >= 0.6 is 0 Å². The minimum atomic E-state index is -1.93. The Morgan fingerprint density at radius 3 is 1.62 bits per heavy atom. The quantitative estimate of drug-likeness (QED) is 0.584. The SMILES string of the molecule is COC(OC)C(OC)(OC)C(=O)O. The second kappa shape index (κ2) is 5.13. The summed E-state index contributed by atoms with van der Waals surface area (Å²) in [6, 6.07) is 0.